The number of hydrogen-bond acceptors (Lipinski definition) is 6. The molecule has 2 heterocycles. The Morgan fingerprint density at radius 1 is 1.47 bits per heavy atom. The Morgan fingerprint density at radius 3 is 2.79 bits per heavy atom. The van der Waals surface area contributed by atoms with Gasteiger partial charge in [0.05, 0.1) is 18.5 Å². The molecule has 1 amide bonds. The minimum Gasteiger partial charge on any atom is -0.478 e. The van der Waals surface area contributed by atoms with E-state index >= 15 is 0 Å². The molecule has 2 aromatic heterocycles. The summed E-state index contributed by atoms with van der Waals surface area (Å²) in [6.45, 7) is 4.15. The summed E-state index contributed by atoms with van der Waals surface area (Å²) in [7, 11) is 0. The quantitative estimate of drug-likeness (QED) is 0.802. The highest BCUT2D eigenvalue weighted by Gasteiger charge is 2.14. The lowest BCUT2D eigenvalue weighted by Crippen LogP contribution is -2.14. The zero-order chi connectivity index (χ0) is 14.0. The number of nitrogens with zero attached hydrogens (tertiary/aromatic N) is 4. The molecular weight excluding hydrogens is 248 g/mol. The first-order valence-corrected chi connectivity index (χ1v) is 5.65. The average Bonchev–Trinajstić information content (AvgIpc) is 2.71. The fourth-order valence-electron chi connectivity index (χ4n) is 1.53. The molecule has 0 fully saturated rings. The molecule has 0 spiro atoms. The zero-order valence-corrected chi connectivity index (χ0v) is 10.6. The van der Waals surface area contributed by atoms with Crippen LogP contribution in [0.1, 0.15) is 23.1 Å². The van der Waals surface area contributed by atoms with Gasteiger partial charge in [-0.05, 0) is 13.8 Å². The number of hydrogen-bond donors (Lipinski definition) is 2. The lowest BCUT2D eigenvalue weighted by atomic mass is 10.4. The van der Waals surface area contributed by atoms with Gasteiger partial charge < -0.3 is 16.2 Å². The second-order valence-electron chi connectivity index (χ2n) is 3.82. The number of amides is 1. The highest BCUT2D eigenvalue weighted by atomic mass is 16.5. The summed E-state index contributed by atoms with van der Waals surface area (Å²) in [5, 5.41) is 3.96. The number of nitrogens with two attached hydrogens (primary N) is 2. The van der Waals surface area contributed by atoms with E-state index in [-0.39, 0.29) is 17.3 Å². The fourth-order valence-corrected chi connectivity index (χ4v) is 1.53. The zero-order valence-electron chi connectivity index (χ0n) is 10.6. The number of carbonyl (C=O) groups is 1. The first kappa shape index (κ1) is 12.8. The molecule has 0 aliphatic heterocycles. The van der Waals surface area contributed by atoms with Crippen LogP contribution >= 0.6 is 0 Å². The smallest absolute Gasteiger partial charge is 0.271 e. The summed E-state index contributed by atoms with van der Waals surface area (Å²) in [6, 6.07) is 1.70. The van der Waals surface area contributed by atoms with Gasteiger partial charge in [-0.2, -0.15) is 10.1 Å². The van der Waals surface area contributed by atoms with Crippen LogP contribution in [-0.4, -0.2) is 32.3 Å². The van der Waals surface area contributed by atoms with Crippen LogP contribution in [0.2, 0.25) is 0 Å². The molecule has 2 aromatic rings. The van der Waals surface area contributed by atoms with E-state index in [1.807, 2.05) is 6.92 Å². The van der Waals surface area contributed by atoms with Crippen molar-refractivity contribution in [1.29, 1.82) is 0 Å². The Bertz CT molecular complexity index is 622. The van der Waals surface area contributed by atoms with E-state index in [0.717, 1.165) is 0 Å². The van der Waals surface area contributed by atoms with E-state index in [2.05, 4.69) is 15.1 Å². The fraction of sp³-hybridized carbons (Fsp3) is 0.273. The van der Waals surface area contributed by atoms with Crippen molar-refractivity contribution in [2.24, 2.45) is 5.73 Å². The van der Waals surface area contributed by atoms with Gasteiger partial charge in [0.1, 0.15) is 0 Å². The van der Waals surface area contributed by atoms with Crippen LogP contribution in [0.4, 0.5) is 5.69 Å². The van der Waals surface area contributed by atoms with Gasteiger partial charge in [-0.25, -0.2) is 9.67 Å². The lowest BCUT2D eigenvalue weighted by Gasteiger charge is -2.05. The van der Waals surface area contributed by atoms with Crippen molar-refractivity contribution in [3.63, 3.8) is 0 Å². The summed E-state index contributed by atoms with van der Waals surface area (Å²) in [4.78, 5) is 19.5. The maximum atomic E-state index is 11.1. The molecule has 0 unspecified atom stereocenters. The first-order chi connectivity index (χ1) is 9.01. The van der Waals surface area contributed by atoms with Gasteiger partial charge in [0.15, 0.2) is 5.69 Å². The molecule has 8 heteroatoms. The molecule has 0 aliphatic carbocycles. The number of ether oxygens (including phenoxy) is 1. The average molecular weight is 262 g/mol. The van der Waals surface area contributed by atoms with E-state index in [9.17, 15) is 4.79 Å². The second kappa shape index (κ2) is 4.92. The molecule has 0 bridgehead atoms. The molecule has 100 valence electrons. The van der Waals surface area contributed by atoms with E-state index in [0.29, 0.717) is 18.2 Å². The van der Waals surface area contributed by atoms with Gasteiger partial charge in [-0.15, -0.1) is 0 Å². The number of carbonyl (C=O) groups excluding carboxylic acids is 1. The van der Waals surface area contributed by atoms with Crippen LogP contribution < -0.4 is 16.2 Å². The summed E-state index contributed by atoms with van der Waals surface area (Å²) < 4.78 is 6.61. The van der Waals surface area contributed by atoms with E-state index in [4.69, 9.17) is 16.2 Å². The van der Waals surface area contributed by atoms with Crippen LogP contribution in [0, 0.1) is 6.92 Å². The van der Waals surface area contributed by atoms with E-state index < -0.39 is 5.91 Å². The molecule has 0 aliphatic rings. The molecule has 0 atom stereocenters. The normalized spacial score (nSPS) is 10.4. The Balaban J connectivity index is 2.46. The summed E-state index contributed by atoms with van der Waals surface area (Å²) >= 11 is 0. The highest BCUT2D eigenvalue weighted by Crippen LogP contribution is 2.15. The minimum absolute atomic E-state index is 0.0110. The SMILES string of the molecule is CCOc1cc(C)nc(-n2cc(N)c(C(N)=O)n2)n1. The molecule has 4 N–H and O–H groups in total. The Morgan fingerprint density at radius 2 is 2.21 bits per heavy atom. The van der Waals surface area contributed by atoms with Crippen LogP contribution in [0.25, 0.3) is 5.95 Å². The predicted octanol–water partition coefficient (Wildman–Crippen LogP) is 0.0505. The topological polar surface area (TPSA) is 122 Å². The van der Waals surface area contributed by atoms with Crippen molar-refractivity contribution in [3.05, 3.63) is 23.7 Å². The number of aryl methyl sites for hydroxylation is 1. The van der Waals surface area contributed by atoms with E-state index in [1.54, 1.807) is 13.0 Å². The molecule has 19 heavy (non-hydrogen) atoms. The van der Waals surface area contributed by atoms with Gasteiger partial charge in [0.25, 0.3) is 11.9 Å². The van der Waals surface area contributed by atoms with Crippen molar-refractivity contribution in [2.75, 3.05) is 12.3 Å². The number of rotatable bonds is 4. The second-order valence-corrected chi connectivity index (χ2v) is 3.82. The third kappa shape index (κ3) is 2.62. The van der Waals surface area contributed by atoms with Crippen molar-refractivity contribution >= 4 is 11.6 Å². The molecule has 0 aromatic carbocycles. The summed E-state index contributed by atoms with van der Waals surface area (Å²) in [6.07, 6.45) is 1.44. The van der Waals surface area contributed by atoms with Crippen molar-refractivity contribution in [2.45, 2.75) is 13.8 Å². The number of primary amides is 1. The van der Waals surface area contributed by atoms with Crippen LogP contribution in [-0.2, 0) is 0 Å². The Kier molecular flexibility index (Phi) is 3.32. The number of anilines is 1. The maximum absolute atomic E-state index is 11.1. The van der Waals surface area contributed by atoms with Gasteiger partial charge in [-0.1, -0.05) is 0 Å². The Labute approximate surface area is 109 Å². The molecular formula is C11H14N6O2. The van der Waals surface area contributed by atoms with Gasteiger partial charge >= 0.3 is 0 Å². The largest absolute Gasteiger partial charge is 0.478 e. The third-order valence-electron chi connectivity index (χ3n) is 2.29. The van der Waals surface area contributed by atoms with Crippen LogP contribution in [0.15, 0.2) is 12.3 Å². The van der Waals surface area contributed by atoms with Crippen LogP contribution in [0.3, 0.4) is 0 Å². The van der Waals surface area contributed by atoms with Crippen molar-refractivity contribution in [3.8, 4) is 11.8 Å². The molecule has 0 radical (unpaired) electrons. The Hall–Kier alpha value is -2.64. The van der Waals surface area contributed by atoms with Crippen molar-refractivity contribution in [1.82, 2.24) is 19.7 Å². The van der Waals surface area contributed by atoms with E-state index in [1.165, 1.54) is 10.9 Å². The third-order valence-corrected chi connectivity index (χ3v) is 2.29. The lowest BCUT2D eigenvalue weighted by molar-refractivity contribution is 0.0996. The molecule has 0 saturated heterocycles. The minimum atomic E-state index is -0.700. The van der Waals surface area contributed by atoms with Gasteiger partial charge in [0.2, 0.25) is 5.88 Å². The molecule has 8 nitrogen and oxygen atoms in total. The molecule has 2 rings (SSSR count). The van der Waals surface area contributed by atoms with Crippen molar-refractivity contribution < 1.29 is 9.53 Å². The summed E-state index contributed by atoms with van der Waals surface area (Å²) in [5.74, 6) is -0.00344. The van der Waals surface area contributed by atoms with Gasteiger partial charge in [0, 0.05) is 11.8 Å². The standard InChI is InChI=1S/C11H14N6O2/c1-3-19-8-4-6(2)14-11(15-8)17-5-7(12)9(16-17)10(13)18/h4-5H,3,12H2,1-2H3,(H2,13,18). The van der Waals surface area contributed by atoms with Crippen LogP contribution in [0.5, 0.6) is 5.88 Å². The van der Waals surface area contributed by atoms with Gasteiger partial charge in [-0.3, -0.25) is 4.79 Å². The molecule has 0 saturated carbocycles. The monoisotopic (exact) mass is 262 g/mol. The highest BCUT2D eigenvalue weighted by molar-refractivity contribution is 5.95. The summed E-state index contributed by atoms with van der Waals surface area (Å²) in [5.41, 5.74) is 11.7. The predicted molar refractivity (Wildman–Crippen MR) is 68.0 cm³/mol. The maximum Gasteiger partial charge on any atom is 0.271 e. The number of nitrogen functional groups attached to an aromatic ring is 1. The number of aromatic nitrogens is 4. The first-order valence-electron chi connectivity index (χ1n) is 5.65.